The molecule has 0 aliphatic carbocycles. The van der Waals surface area contributed by atoms with E-state index in [9.17, 15) is 4.79 Å². The molecule has 0 fully saturated rings. The van der Waals surface area contributed by atoms with Crippen LogP contribution in [0, 0.1) is 0 Å². The number of carbonyl (C=O) groups is 1. The molecule has 0 saturated heterocycles. The van der Waals surface area contributed by atoms with Gasteiger partial charge in [-0.1, -0.05) is 30.7 Å². The minimum absolute atomic E-state index is 0.174. The number of hydrogen-bond acceptors (Lipinski definition) is 3. The smallest absolute Gasteiger partial charge is 0.260 e. The molecule has 5 heteroatoms. The number of halogens is 1. The zero-order valence-corrected chi connectivity index (χ0v) is 12.4. The standard InChI is InChI=1S/C14H21ClN2O2/c1-4-8-17-9-11-6-5-7-12(15)13(11)19-10(2)14(18)16-3/h5-7,10,17H,4,8-9H2,1-3H3,(H,16,18). The van der Waals surface area contributed by atoms with Gasteiger partial charge in [0.05, 0.1) is 5.02 Å². The van der Waals surface area contributed by atoms with E-state index in [2.05, 4.69) is 17.6 Å². The number of hydrogen-bond donors (Lipinski definition) is 2. The lowest BCUT2D eigenvalue weighted by Crippen LogP contribution is -2.34. The molecule has 2 N–H and O–H groups in total. The van der Waals surface area contributed by atoms with Crippen molar-refractivity contribution in [2.24, 2.45) is 0 Å². The predicted octanol–water partition coefficient (Wildman–Crippen LogP) is 2.35. The lowest BCUT2D eigenvalue weighted by atomic mass is 10.2. The highest BCUT2D eigenvalue weighted by Gasteiger charge is 2.16. The summed E-state index contributed by atoms with van der Waals surface area (Å²) in [6.45, 7) is 5.41. The molecule has 1 aromatic rings. The highest BCUT2D eigenvalue weighted by Crippen LogP contribution is 2.29. The molecule has 1 atom stereocenters. The van der Waals surface area contributed by atoms with E-state index in [1.807, 2.05) is 12.1 Å². The Morgan fingerprint density at radius 2 is 2.21 bits per heavy atom. The Balaban J connectivity index is 2.82. The number of ether oxygens (including phenoxy) is 1. The van der Waals surface area contributed by atoms with Gasteiger partial charge in [0.1, 0.15) is 5.75 Å². The Kier molecular flexibility index (Phi) is 6.67. The number of para-hydroxylation sites is 1. The summed E-state index contributed by atoms with van der Waals surface area (Å²) >= 11 is 6.15. The molecular weight excluding hydrogens is 264 g/mol. The molecule has 0 spiro atoms. The van der Waals surface area contributed by atoms with Crippen molar-refractivity contribution in [1.29, 1.82) is 0 Å². The zero-order chi connectivity index (χ0) is 14.3. The number of amides is 1. The first-order chi connectivity index (χ1) is 9.10. The molecule has 4 nitrogen and oxygen atoms in total. The van der Waals surface area contributed by atoms with E-state index < -0.39 is 6.10 Å². The second-order valence-electron chi connectivity index (χ2n) is 4.28. The molecule has 1 amide bonds. The quantitative estimate of drug-likeness (QED) is 0.756. The Labute approximate surface area is 119 Å². The fraction of sp³-hybridized carbons (Fsp3) is 0.500. The van der Waals surface area contributed by atoms with Gasteiger partial charge in [0.25, 0.3) is 5.91 Å². The normalized spacial score (nSPS) is 12.0. The second-order valence-corrected chi connectivity index (χ2v) is 4.69. The minimum Gasteiger partial charge on any atom is -0.479 e. The average molecular weight is 285 g/mol. The molecular formula is C14H21ClN2O2. The van der Waals surface area contributed by atoms with E-state index in [-0.39, 0.29) is 5.91 Å². The van der Waals surface area contributed by atoms with E-state index in [4.69, 9.17) is 16.3 Å². The Hall–Kier alpha value is -1.26. The summed E-state index contributed by atoms with van der Waals surface area (Å²) in [7, 11) is 1.58. The van der Waals surface area contributed by atoms with E-state index in [0.717, 1.165) is 18.5 Å². The molecule has 0 bridgehead atoms. The molecule has 0 aliphatic rings. The Bertz CT molecular complexity index is 424. The van der Waals surface area contributed by atoms with Crippen LogP contribution >= 0.6 is 11.6 Å². The van der Waals surface area contributed by atoms with Gasteiger partial charge in [0.15, 0.2) is 6.10 Å². The molecule has 19 heavy (non-hydrogen) atoms. The van der Waals surface area contributed by atoms with E-state index in [0.29, 0.717) is 17.3 Å². The van der Waals surface area contributed by atoms with Crippen molar-refractivity contribution in [1.82, 2.24) is 10.6 Å². The molecule has 0 aliphatic heterocycles. The number of benzene rings is 1. The minimum atomic E-state index is -0.574. The van der Waals surface area contributed by atoms with E-state index in [1.165, 1.54) is 0 Å². The van der Waals surface area contributed by atoms with E-state index in [1.54, 1.807) is 20.0 Å². The van der Waals surface area contributed by atoms with Crippen molar-refractivity contribution >= 4 is 17.5 Å². The van der Waals surface area contributed by atoms with Crippen molar-refractivity contribution in [3.05, 3.63) is 28.8 Å². The summed E-state index contributed by atoms with van der Waals surface area (Å²) in [5.41, 5.74) is 0.955. The molecule has 0 aromatic heterocycles. The van der Waals surface area contributed by atoms with Crippen LogP contribution in [0.3, 0.4) is 0 Å². The Morgan fingerprint density at radius 3 is 2.84 bits per heavy atom. The second kappa shape index (κ2) is 8.02. The van der Waals surface area contributed by atoms with Crippen molar-refractivity contribution in [2.75, 3.05) is 13.6 Å². The van der Waals surface area contributed by atoms with Crippen LogP contribution < -0.4 is 15.4 Å². The van der Waals surface area contributed by atoms with Crippen molar-refractivity contribution in [3.63, 3.8) is 0 Å². The van der Waals surface area contributed by atoms with Gasteiger partial charge in [-0.15, -0.1) is 0 Å². The molecule has 0 radical (unpaired) electrons. The fourth-order valence-corrected chi connectivity index (χ4v) is 1.90. The summed E-state index contributed by atoms with van der Waals surface area (Å²) in [6.07, 6.45) is 0.487. The van der Waals surface area contributed by atoms with Gasteiger partial charge in [0.2, 0.25) is 0 Å². The van der Waals surface area contributed by atoms with Crippen LogP contribution in [0.5, 0.6) is 5.75 Å². The third kappa shape index (κ3) is 4.73. The van der Waals surface area contributed by atoms with Crippen molar-refractivity contribution in [2.45, 2.75) is 32.9 Å². The van der Waals surface area contributed by atoms with Crippen molar-refractivity contribution in [3.8, 4) is 5.75 Å². The summed E-state index contributed by atoms with van der Waals surface area (Å²) in [5.74, 6) is 0.399. The molecule has 1 unspecified atom stereocenters. The van der Waals surface area contributed by atoms with Crippen LogP contribution in [0.25, 0.3) is 0 Å². The zero-order valence-electron chi connectivity index (χ0n) is 11.6. The molecule has 0 saturated carbocycles. The van der Waals surface area contributed by atoms with Crippen LogP contribution in [0.15, 0.2) is 18.2 Å². The van der Waals surface area contributed by atoms with Crippen LogP contribution in [0.2, 0.25) is 5.02 Å². The molecule has 1 rings (SSSR count). The van der Waals surface area contributed by atoms with Gasteiger partial charge in [-0.05, 0) is 26.0 Å². The number of nitrogens with one attached hydrogen (secondary N) is 2. The van der Waals surface area contributed by atoms with Crippen molar-refractivity contribution < 1.29 is 9.53 Å². The summed E-state index contributed by atoms with van der Waals surface area (Å²) in [4.78, 5) is 11.5. The topological polar surface area (TPSA) is 50.4 Å². The van der Waals surface area contributed by atoms with Gasteiger partial charge in [-0.25, -0.2) is 0 Å². The molecule has 106 valence electrons. The third-order valence-corrected chi connectivity index (χ3v) is 3.00. The predicted molar refractivity (Wildman–Crippen MR) is 77.6 cm³/mol. The third-order valence-electron chi connectivity index (χ3n) is 2.70. The highest BCUT2D eigenvalue weighted by molar-refractivity contribution is 6.32. The first-order valence-electron chi connectivity index (χ1n) is 6.46. The van der Waals surface area contributed by atoms with Gasteiger partial charge in [-0.2, -0.15) is 0 Å². The SMILES string of the molecule is CCCNCc1cccc(Cl)c1OC(C)C(=O)NC. The lowest BCUT2D eigenvalue weighted by molar-refractivity contribution is -0.126. The number of likely N-dealkylation sites (N-methyl/N-ethyl adjacent to an activating group) is 1. The average Bonchev–Trinajstić information content (AvgIpc) is 2.41. The van der Waals surface area contributed by atoms with Gasteiger partial charge in [-0.3, -0.25) is 4.79 Å². The van der Waals surface area contributed by atoms with Crippen LogP contribution in [0.4, 0.5) is 0 Å². The summed E-state index contributed by atoms with van der Waals surface area (Å²) < 4.78 is 5.68. The monoisotopic (exact) mass is 284 g/mol. The van der Waals surface area contributed by atoms with Crippen LogP contribution in [-0.2, 0) is 11.3 Å². The first kappa shape index (κ1) is 15.8. The molecule has 0 heterocycles. The molecule has 1 aromatic carbocycles. The first-order valence-corrected chi connectivity index (χ1v) is 6.84. The van der Waals surface area contributed by atoms with Gasteiger partial charge in [0, 0.05) is 19.2 Å². The van der Waals surface area contributed by atoms with E-state index >= 15 is 0 Å². The van der Waals surface area contributed by atoms with Gasteiger partial charge >= 0.3 is 0 Å². The summed E-state index contributed by atoms with van der Waals surface area (Å²) in [5, 5.41) is 6.37. The van der Waals surface area contributed by atoms with Gasteiger partial charge < -0.3 is 15.4 Å². The largest absolute Gasteiger partial charge is 0.479 e. The maximum absolute atomic E-state index is 11.5. The lowest BCUT2D eigenvalue weighted by Gasteiger charge is -2.17. The maximum atomic E-state index is 11.5. The highest BCUT2D eigenvalue weighted by atomic mass is 35.5. The Morgan fingerprint density at radius 1 is 1.47 bits per heavy atom. The summed E-state index contributed by atoms with van der Waals surface area (Å²) in [6, 6.07) is 5.58. The number of carbonyl (C=O) groups excluding carboxylic acids is 1. The van der Waals surface area contributed by atoms with Crippen LogP contribution in [0.1, 0.15) is 25.8 Å². The fourth-order valence-electron chi connectivity index (χ4n) is 1.66. The number of rotatable bonds is 7. The maximum Gasteiger partial charge on any atom is 0.260 e. The van der Waals surface area contributed by atoms with Crippen LogP contribution in [-0.4, -0.2) is 25.6 Å².